The molecule has 0 fully saturated rings. The molecular weight excluding hydrogens is 374 g/mol. The molecule has 0 aliphatic rings. The fourth-order valence-electron chi connectivity index (χ4n) is 2.34. The number of anilines is 2. The van der Waals surface area contributed by atoms with Gasteiger partial charge in [-0.2, -0.15) is 0 Å². The van der Waals surface area contributed by atoms with E-state index < -0.39 is 23.6 Å². The third-order valence-electron chi connectivity index (χ3n) is 3.84. The second-order valence-corrected chi connectivity index (χ2v) is 7.29. The molecule has 8 nitrogen and oxygen atoms in total. The number of nitrogen functional groups attached to an aromatic ring is 1. The van der Waals surface area contributed by atoms with Gasteiger partial charge in [-0.15, -0.1) is 0 Å². The van der Waals surface area contributed by atoms with Crippen molar-refractivity contribution in [3.8, 4) is 0 Å². The maximum atomic E-state index is 11.6. The lowest BCUT2D eigenvalue weighted by Crippen LogP contribution is -2.27. The Kier molecular flexibility index (Phi) is 7.76. The SMILES string of the molecule is Cc1c(N)cccc1C(N)=O.Cc1c(NC(=O)OC(C)(C)C)cccc1C(=O)O. The van der Waals surface area contributed by atoms with E-state index in [0.29, 0.717) is 22.5 Å². The largest absolute Gasteiger partial charge is 0.478 e. The van der Waals surface area contributed by atoms with Crippen molar-refractivity contribution in [2.75, 3.05) is 11.1 Å². The van der Waals surface area contributed by atoms with E-state index in [1.807, 2.05) is 0 Å². The normalized spacial score (nSPS) is 10.4. The molecule has 0 radical (unpaired) electrons. The lowest BCUT2D eigenvalue weighted by molar-refractivity contribution is 0.0632. The number of nitrogens with one attached hydrogen (secondary N) is 1. The molecular formula is C21H27N3O5. The smallest absolute Gasteiger partial charge is 0.412 e. The molecule has 0 aliphatic heterocycles. The van der Waals surface area contributed by atoms with Gasteiger partial charge in [-0.25, -0.2) is 9.59 Å². The van der Waals surface area contributed by atoms with Gasteiger partial charge < -0.3 is 21.3 Å². The minimum atomic E-state index is -1.03. The maximum absolute atomic E-state index is 11.6. The van der Waals surface area contributed by atoms with E-state index in [2.05, 4.69) is 5.32 Å². The van der Waals surface area contributed by atoms with Crippen molar-refractivity contribution in [1.82, 2.24) is 0 Å². The molecule has 2 aromatic rings. The number of aromatic carboxylic acids is 1. The van der Waals surface area contributed by atoms with Crippen LogP contribution in [0.15, 0.2) is 36.4 Å². The maximum Gasteiger partial charge on any atom is 0.412 e. The second kappa shape index (κ2) is 9.59. The minimum Gasteiger partial charge on any atom is -0.478 e. The van der Waals surface area contributed by atoms with Crippen LogP contribution in [0.4, 0.5) is 16.2 Å². The van der Waals surface area contributed by atoms with E-state index in [-0.39, 0.29) is 5.56 Å². The Hall–Kier alpha value is -3.55. The summed E-state index contributed by atoms with van der Waals surface area (Å²) in [6, 6.07) is 9.80. The summed E-state index contributed by atoms with van der Waals surface area (Å²) in [5.41, 5.74) is 13.0. The van der Waals surface area contributed by atoms with Crippen molar-refractivity contribution in [3.63, 3.8) is 0 Å². The van der Waals surface area contributed by atoms with Gasteiger partial charge in [0, 0.05) is 16.9 Å². The quantitative estimate of drug-likeness (QED) is 0.577. The van der Waals surface area contributed by atoms with Gasteiger partial charge in [0.05, 0.1) is 5.56 Å². The summed E-state index contributed by atoms with van der Waals surface area (Å²) >= 11 is 0. The molecule has 0 saturated carbocycles. The number of rotatable bonds is 3. The highest BCUT2D eigenvalue weighted by Gasteiger charge is 2.18. The lowest BCUT2D eigenvalue weighted by atomic mass is 10.1. The van der Waals surface area contributed by atoms with E-state index in [0.717, 1.165) is 5.56 Å². The topological polar surface area (TPSA) is 145 Å². The number of benzene rings is 2. The molecule has 0 aromatic heterocycles. The van der Waals surface area contributed by atoms with Crippen molar-refractivity contribution in [1.29, 1.82) is 0 Å². The van der Waals surface area contributed by atoms with Gasteiger partial charge in [0.1, 0.15) is 5.60 Å². The monoisotopic (exact) mass is 401 g/mol. The zero-order valence-corrected chi connectivity index (χ0v) is 17.2. The molecule has 0 spiro atoms. The van der Waals surface area contributed by atoms with Crippen molar-refractivity contribution in [2.45, 2.75) is 40.2 Å². The third kappa shape index (κ3) is 7.17. The number of carboxylic acids is 1. The predicted molar refractivity (Wildman–Crippen MR) is 112 cm³/mol. The van der Waals surface area contributed by atoms with E-state index >= 15 is 0 Å². The molecule has 0 saturated heterocycles. The molecule has 2 aromatic carbocycles. The van der Waals surface area contributed by atoms with E-state index in [1.165, 1.54) is 6.07 Å². The first kappa shape index (κ1) is 23.5. The average molecular weight is 401 g/mol. The fraction of sp³-hybridized carbons (Fsp3) is 0.286. The number of carbonyl (C=O) groups is 3. The zero-order chi connectivity index (χ0) is 22.4. The Bertz CT molecular complexity index is 917. The summed E-state index contributed by atoms with van der Waals surface area (Å²) in [5, 5.41) is 11.5. The Labute approximate surface area is 169 Å². The van der Waals surface area contributed by atoms with Gasteiger partial charge in [0.25, 0.3) is 0 Å². The van der Waals surface area contributed by atoms with Crippen LogP contribution in [-0.2, 0) is 4.74 Å². The summed E-state index contributed by atoms with van der Waals surface area (Å²) in [7, 11) is 0. The molecule has 156 valence electrons. The van der Waals surface area contributed by atoms with Crippen molar-refractivity contribution >= 4 is 29.3 Å². The van der Waals surface area contributed by atoms with Crippen LogP contribution in [-0.4, -0.2) is 28.7 Å². The molecule has 29 heavy (non-hydrogen) atoms. The summed E-state index contributed by atoms with van der Waals surface area (Å²) in [6.45, 7) is 8.68. The number of ether oxygens (including phenoxy) is 1. The van der Waals surface area contributed by atoms with Gasteiger partial charge in [-0.05, 0) is 70.0 Å². The number of amides is 2. The number of carbonyl (C=O) groups excluding carboxylic acids is 2. The first-order valence-corrected chi connectivity index (χ1v) is 8.81. The lowest BCUT2D eigenvalue weighted by Gasteiger charge is -2.20. The van der Waals surface area contributed by atoms with Crippen LogP contribution in [0.2, 0.25) is 0 Å². The van der Waals surface area contributed by atoms with Crippen LogP contribution < -0.4 is 16.8 Å². The molecule has 0 heterocycles. The number of hydrogen-bond donors (Lipinski definition) is 4. The van der Waals surface area contributed by atoms with Gasteiger partial charge in [0.15, 0.2) is 0 Å². The van der Waals surface area contributed by atoms with Crippen molar-refractivity contribution in [2.24, 2.45) is 5.73 Å². The number of primary amides is 1. The Balaban J connectivity index is 0.000000326. The van der Waals surface area contributed by atoms with Crippen LogP contribution >= 0.6 is 0 Å². The molecule has 6 N–H and O–H groups in total. The summed E-state index contributed by atoms with van der Waals surface area (Å²) in [4.78, 5) is 33.3. The van der Waals surface area contributed by atoms with Crippen LogP contribution in [0, 0.1) is 13.8 Å². The second-order valence-electron chi connectivity index (χ2n) is 7.29. The zero-order valence-electron chi connectivity index (χ0n) is 17.2. The fourth-order valence-corrected chi connectivity index (χ4v) is 2.34. The Morgan fingerprint density at radius 1 is 0.966 bits per heavy atom. The number of hydrogen-bond acceptors (Lipinski definition) is 5. The number of carboxylic acid groups (broad SMARTS) is 1. The van der Waals surface area contributed by atoms with Crippen LogP contribution in [0.25, 0.3) is 0 Å². The first-order valence-electron chi connectivity index (χ1n) is 8.81. The predicted octanol–water partition coefficient (Wildman–Crippen LogP) is 3.72. The van der Waals surface area contributed by atoms with Crippen LogP contribution in [0.3, 0.4) is 0 Å². The summed E-state index contributed by atoms with van der Waals surface area (Å²) in [6.07, 6.45) is -0.604. The third-order valence-corrected chi connectivity index (χ3v) is 3.84. The van der Waals surface area contributed by atoms with Crippen molar-refractivity contribution < 1.29 is 24.2 Å². The van der Waals surface area contributed by atoms with E-state index in [4.69, 9.17) is 21.3 Å². The molecule has 0 bridgehead atoms. The van der Waals surface area contributed by atoms with Crippen LogP contribution in [0.1, 0.15) is 52.6 Å². The molecule has 0 unspecified atom stereocenters. The van der Waals surface area contributed by atoms with E-state index in [1.54, 1.807) is 65.0 Å². The Morgan fingerprint density at radius 2 is 1.52 bits per heavy atom. The molecule has 2 amide bonds. The Morgan fingerprint density at radius 3 is 2.00 bits per heavy atom. The average Bonchev–Trinajstić information content (AvgIpc) is 2.57. The minimum absolute atomic E-state index is 0.156. The van der Waals surface area contributed by atoms with Gasteiger partial charge in [0.2, 0.25) is 5.91 Å². The molecule has 0 atom stereocenters. The van der Waals surface area contributed by atoms with Gasteiger partial charge in [-0.1, -0.05) is 12.1 Å². The highest BCUT2D eigenvalue weighted by Crippen LogP contribution is 2.20. The standard InChI is InChI=1S/C13H17NO4.C8H10N2O/c1-8-9(11(15)16)6-5-7-10(8)14-12(17)18-13(2,3)4;1-5-6(8(10)11)3-2-4-7(5)9/h5-7H,1-4H3,(H,14,17)(H,15,16);2-4H,9H2,1H3,(H2,10,11). The molecule has 8 heteroatoms. The molecule has 2 rings (SSSR count). The summed E-state index contributed by atoms with van der Waals surface area (Å²) in [5.74, 6) is -1.46. The van der Waals surface area contributed by atoms with Crippen molar-refractivity contribution in [3.05, 3.63) is 58.7 Å². The van der Waals surface area contributed by atoms with Gasteiger partial charge >= 0.3 is 12.1 Å². The number of nitrogens with two attached hydrogens (primary N) is 2. The van der Waals surface area contributed by atoms with Crippen LogP contribution in [0.5, 0.6) is 0 Å². The highest BCUT2D eigenvalue weighted by atomic mass is 16.6. The van der Waals surface area contributed by atoms with Gasteiger partial charge in [-0.3, -0.25) is 10.1 Å². The van der Waals surface area contributed by atoms with E-state index in [9.17, 15) is 14.4 Å². The first-order chi connectivity index (χ1) is 13.3. The molecule has 0 aliphatic carbocycles. The summed E-state index contributed by atoms with van der Waals surface area (Å²) < 4.78 is 5.10. The highest BCUT2D eigenvalue weighted by molar-refractivity contribution is 5.95.